The van der Waals surface area contributed by atoms with Crippen LogP contribution in [-0.2, 0) is 17.8 Å². The summed E-state index contributed by atoms with van der Waals surface area (Å²) in [5.74, 6) is 0.0750. The number of β-amino-alcohol motifs (C(OH)–C–C–N with tert-alkyl or cyclic N) is 1. The number of rotatable bonds is 4. The highest BCUT2D eigenvalue weighted by Crippen LogP contribution is 2.34. The van der Waals surface area contributed by atoms with Crippen LogP contribution in [0.15, 0.2) is 30.9 Å². The second-order valence-electron chi connectivity index (χ2n) is 8.14. The third kappa shape index (κ3) is 3.69. The summed E-state index contributed by atoms with van der Waals surface area (Å²) >= 11 is 0. The fourth-order valence-corrected chi connectivity index (χ4v) is 4.36. The van der Waals surface area contributed by atoms with Crippen LogP contribution < -0.4 is 0 Å². The van der Waals surface area contributed by atoms with Gasteiger partial charge in [0.1, 0.15) is 6.04 Å². The number of piperidine rings is 1. The molecule has 2 atom stereocenters. The summed E-state index contributed by atoms with van der Waals surface area (Å²) in [5, 5.41) is 10.1. The van der Waals surface area contributed by atoms with Crippen LogP contribution in [0.2, 0.25) is 0 Å². The minimum absolute atomic E-state index is 0.0750. The second-order valence-corrected chi connectivity index (χ2v) is 8.14. The van der Waals surface area contributed by atoms with Gasteiger partial charge in [-0.15, -0.1) is 0 Å². The Labute approximate surface area is 166 Å². The Kier molecular flexibility index (Phi) is 5.46. The quantitative estimate of drug-likeness (QED) is 0.873. The first-order chi connectivity index (χ1) is 13.5. The molecule has 0 saturated carbocycles. The summed E-state index contributed by atoms with van der Waals surface area (Å²) in [6.07, 6.45) is 7.52. The monoisotopic (exact) mass is 383 g/mol. The summed E-state index contributed by atoms with van der Waals surface area (Å²) in [6, 6.07) is 3.84. The highest BCUT2D eigenvalue weighted by Gasteiger charge is 2.40. The number of aliphatic hydroxyl groups is 1. The van der Waals surface area contributed by atoms with Crippen molar-refractivity contribution in [1.29, 1.82) is 0 Å². The number of hydrogen-bond donors (Lipinski definition) is 1. The first-order valence-electron chi connectivity index (χ1n) is 10.2. The van der Waals surface area contributed by atoms with Gasteiger partial charge in [-0.1, -0.05) is 6.07 Å². The van der Waals surface area contributed by atoms with E-state index in [-0.39, 0.29) is 18.0 Å². The number of amides is 1. The lowest BCUT2D eigenvalue weighted by Crippen LogP contribution is -2.50. The number of aromatic nitrogens is 3. The molecule has 2 aliphatic rings. The fraction of sp³-hybridized carbons (Fsp3) is 0.571. The molecule has 4 heterocycles. The van der Waals surface area contributed by atoms with Crippen molar-refractivity contribution in [2.45, 2.75) is 57.8 Å². The van der Waals surface area contributed by atoms with Crippen LogP contribution in [0.1, 0.15) is 55.7 Å². The van der Waals surface area contributed by atoms with E-state index in [0.29, 0.717) is 19.6 Å². The Balaban J connectivity index is 1.69. The topological polar surface area (TPSA) is 74.5 Å². The molecule has 1 saturated heterocycles. The Morgan fingerprint density at radius 2 is 2.21 bits per heavy atom. The van der Waals surface area contributed by atoms with Gasteiger partial charge in [0, 0.05) is 51.0 Å². The van der Waals surface area contributed by atoms with Crippen LogP contribution in [0, 0.1) is 0 Å². The van der Waals surface area contributed by atoms with Gasteiger partial charge in [0.25, 0.3) is 0 Å². The van der Waals surface area contributed by atoms with Crippen LogP contribution >= 0.6 is 0 Å². The number of imidazole rings is 1. The molecule has 0 bridgehead atoms. The van der Waals surface area contributed by atoms with Crippen molar-refractivity contribution in [3.05, 3.63) is 47.8 Å². The molecule has 0 radical (unpaired) electrons. The van der Waals surface area contributed by atoms with Crippen LogP contribution in [0.25, 0.3) is 0 Å². The van der Waals surface area contributed by atoms with E-state index >= 15 is 0 Å². The number of fused-ring (bicyclic) bond motifs is 1. The smallest absolute Gasteiger partial charge is 0.246 e. The van der Waals surface area contributed by atoms with Crippen LogP contribution in [0.4, 0.5) is 0 Å². The molecule has 7 nitrogen and oxygen atoms in total. The van der Waals surface area contributed by atoms with Crippen molar-refractivity contribution in [3.63, 3.8) is 0 Å². The minimum atomic E-state index is -0.428. The highest BCUT2D eigenvalue weighted by molar-refractivity contribution is 5.83. The molecule has 0 aromatic carbocycles. The molecule has 7 heteroatoms. The predicted molar refractivity (Wildman–Crippen MR) is 106 cm³/mol. The van der Waals surface area contributed by atoms with Gasteiger partial charge in [0.2, 0.25) is 5.91 Å². The van der Waals surface area contributed by atoms with E-state index in [9.17, 15) is 9.90 Å². The largest absolute Gasteiger partial charge is 0.391 e. The molecule has 1 fully saturated rings. The third-order valence-corrected chi connectivity index (χ3v) is 5.78. The van der Waals surface area contributed by atoms with Gasteiger partial charge >= 0.3 is 0 Å². The van der Waals surface area contributed by atoms with Crippen molar-refractivity contribution in [2.24, 2.45) is 0 Å². The Morgan fingerprint density at radius 3 is 2.93 bits per heavy atom. The number of likely N-dealkylation sites (tertiary alicyclic amines) is 1. The lowest BCUT2D eigenvalue weighted by atomic mass is 9.98. The molecule has 0 aliphatic carbocycles. The van der Waals surface area contributed by atoms with Gasteiger partial charge in [-0.3, -0.25) is 14.7 Å². The van der Waals surface area contributed by atoms with Crippen LogP contribution in [0.5, 0.6) is 0 Å². The average Bonchev–Trinajstić information content (AvgIpc) is 3.12. The van der Waals surface area contributed by atoms with E-state index in [1.807, 2.05) is 23.5 Å². The van der Waals surface area contributed by atoms with E-state index in [1.54, 1.807) is 6.20 Å². The molecule has 1 amide bonds. The third-order valence-electron chi connectivity index (χ3n) is 5.78. The molecule has 2 aliphatic heterocycles. The van der Waals surface area contributed by atoms with Gasteiger partial charge in [-0.2, -0.15) is 0 Å². The maximum absolute atomic E-state index is 13.7. The van der Waals surface area contributed by atoms with Gasteiger partial charge < -0.3 is 14.6 Å². The number of pyridine rings is 1. The minimum Gasteiger partial charge on any atom is -0.391 e. The standard InChI is InChI=1S/C21H29N5O2/c1-15(2)26-14-23-18-7-10-24(12-16-5-3-8-22-11-16)20(19(18)26)21(28)25-9-4-6-17(27)13-25/h3,5,8,11,14-15,17,20,27H,4,6-7,9-10,12-13H2,1-2H3/t17-,20-/m1/s1. The molecule has 0 unspecified atom stereocenters. The normalized spacial score (nSPS) is 23.1. The van der Waals surface area contributed by atoms with Gasteiger partial charge in [0.05, 0.1) is 23.8 Å². The number of aliphatic hydroxyl groups excluding tert-OH is 1. The van der Waals surface area contributed by atoms with Crippen molar-refractivity contribution in [3.8, 4) is 0 Å². The van der Waals surface area contributed by atoms with Gasteiger partial charge in [-0.25, -0.2) is 4.98 Å². The lowest BCUT2D eigenvalue weighted by molar-refractivity contribution is -0.141. The molecule has 2 aromatic heterocycles. The molecule has 28 heavy (non-hydrogen) atoms. The van der Waals surface area contributed by atoms with Crippen LogP contribution in [0.3, 0.4) is 0 Å². The van der Waals surface area contributed by atoms with Gasteiger partial charge in [-0.05, 0) is 38.3 Å². The zero-order valence-electron chi connectivity index (χ0n) is 16.7. The van der Waals surface area contributed by atoms with E-state index in [0.717, 1.165) is 42.8 Å². The van der Waals surface area contributed by atoms with E-state index in [1.165, 1.54) is 0 Å². The number of nitrogens with zero attached hydrogens (tertiary/aromatic N) is 5. The summed E-state index contributed by atoms with van der Waals surface area (Å²) in [5.41, 5.74) is 3.13. The molecule has 2 aromatic rings. The molecule has 0 spiro atoms. The molecule has 4 rings (SSSR count). The Hall–Kier alpha value is -2.25. The fourth-order valence-electron chi connectivity index (χ4n) is 4.36. The summed E-state index contributed by atoms with van der Waals surface area (Å²) in [6.45, 7) is 6.81. The number of carbonyl (C=O) groups is 1. The molecule has 1 N–H and O–H groups in total. The first kappa shape index (κ1) is 19.1. The lowest BCUT2D eigenvalue weighted by Gasteiger charge is -2.40. The zero-order chi connectivity index (χ0) is 19.7. The van der Waals surface area contributed by atoms with Crippen LogP contribution in [-0.4, -0.2) is 61.1 Å². The molecular formula is C21H29N5O2. The van der Waals surface area contributed by atoms with Crippen molar-refractivity contribution in [2.75, 3.05) is 19.6 Å². The maximum atomic E-state index is 13.7. The maximum Gasteiger partial charge on any atom is 0.246 e. The zero-order valence-corrected chi connectivity index (χ0v) is 16.7. The van der Waals surface area contributed by atoms with E-state index in [2.05, 4.69) is 39.3 Å². The van der Waals surface area contributed by atoms with Crippen molar-refractivity contribution >= 4 is 5.91 Å². The first-order valence-corrected chi connectivity index (χ1v) is 10.2. The van der Waals surface area contributed by atoms with Crippen molar-refractivity contribution < 1.29 is 9.90 Å². The number of hydrogen-bond acceptors (Lipinski definition) is 5. The second kappa shape index (κ2) is 8.01. The Morgan fingerprint density at radius 1 is 1.36 bits per heavy atom. The SMILES string of the molecule is CC(C)n1cnc2c1[C@H](C(=O)N1CCC[C@@H](O)C1)N(Cc1cccnc1)CC2. The molecular weight excluding hydrogens is 354 g/mol. The number of carbonyl (C=O) groups excluding carboxylic acids is 1. The highest BCUT2D eigenvalue weighted by atomic mass is 16.3. The average molecular weight is 383 g/mol. The summed E-state index contributed by atoms with van der Waals surface area (Å²) < 4.78 is 2.13. The predicted octanol–water partition coefficient (Wildman–Crippen LogP) is 1.94. The Bertz CT molecular complexity index is 819. The summed E-state index contributed by atoms with van der Waals surface area (Å²) in [7, 11) is 0. The summed E-state index contributed by atoms with van der Waals surface area (Å²) in [4.78, 5) is 26.6. The molecule has 150 valence electrons. The van der Waals surface area contributed by atoms with E-state index < -0.39 is 6.10 Å². The van der Waals surface area contributed by atoms with Gasteiger partial charge in [0.15, 0.2) is 0 Å². The van der Waals surface area contributed by atoms with E-state index in [4.69, 9.17) is 0 Å². The van der Waals surface area contributed by atoms with Crippen molar-refractivity contribution in [1.82, 2.24) is 24.3 Å².